The zero-order valence-electron chi connectivity index (χ0n) is 8.58. The Morgan fingerprint density at radius 3 is 1.92 bits per heavy atom. The standard InChI is InChI=1S/C6H12O2.CH9N3S/c1-3-5-8-6(7)4-2;1-5(2,3)4/h3-5H2,1-2H3;2-4H2,1H3. The SMILES string of the molecule is CCCOC(=O)CC.CS(N)(N)N. The van der Waals surface area contributed by atoms with Crippen molar-refractivity contribution in [2.75, 3.05) is 12.9 Å². The number of rotatable bonds is 3. The Kier molecular flexibility index (Phi) is 9.70. The van der Waals surface area contributed by atoms with Crippen molar-refractivity contribution in [3.63, 3.8) is 0 Å². The number of esters is 1. The van der Waals surface area contributed by atoms with Gasteiger partial charge in [0.15, 0.2) is 0 Å². The molecular weight excluding hydrogens is 190 g/mol. The summed E-state index contributed by atoms with van der Waals surface area (Å²) in [7, 11) is -1.67. The lowest BCUT2D eigenvalue weighted by atomic mass is 10.5. The van der Waals surface area contributed by atoms with Crippen LogP contribution in [0.2, 0.25) is 0 Å². The van der Waals surface area contributed by atoms with Crippen LogP contribution in [0.15, 0.2) is 0 Å². The molecule has 0 aliphatic rings. The summed E-state index contributed by atoms with van der Waals surface area (Å²) in [5.41, 5.74) is 0. The lowest BCUT2D eigenvalue weighted by Crippen LogP contribution is -2.26. The summed E-state index contributed by atoms with van der Waals surface area (Å²) in [4.78, 5) is 10.3. The van der Waals surface area contributed by atoms with Crippen molar-refractivity contribution in [2.45, 2.75) is 26.7 Å². The van der Waals surface area contributed by atoms with Crippen LogP contribution in [0.3, 0.4) is 0 Å². The van der Waals surface area contributed by atoms with Crippen molar-refractivity contribution in [3.05, 3.63) is 0 Å². The molecule has 0 unspecified atom stereocenters. The number of hydrogen-bond donors (Lipinski definition) is 3. The van der Waals surface area contributed by atoms with E-state index in [2.05, 4.69) is 0 Å². The summed E-state index contributed by atoms with van der Waals surface area (Å²) in [6, 6.07) is 0. The number of ether oxygens (including phenoxy) is 1. The van der Waals surface area contributed by atoms with Crippen LogP contribution in [0, 0.1) is 0 Å². The van der Waals surface area contributed by atoms with Gasteiger partial charge in [-0.05, 0) is 6.42 Å². The molecule has 0 saturated heterocycles. The van der Waals surface area contributed by atoms with Crippen molar-refractivity contribution in [1.82, 2.24) is 0 Å². The molecule has 13 heavy (non-hydrogen) atoms. The van der Waals surface area contributed by atoms with Crippen molar-refractivity contribution < 1.29 is 9.53 Å². The molecule has 0 aromatic heterocycles. The lowest BCUT2D eigenvalue weighted by molar-refractivity contribution is -0.143. The van der Waals surface area contributed by atoms with Crippen LogP contribution in [0.5, 0.6) is 0 Å². The maximum atomic E-state index is 10.3. The highest BCUT2D eigenvalue weighted by molar-refractivity contribution is 8.27. The van der Waals surface area contributed by atoms with E-state index < -0.39 is 10.6 Å². The van der Waals surface area contributed by atoms with Gasteiger partial charge in [0.05, 0.1) is 6.61 Å². The number of carbonyl (C=O) groups is 1. The number of hydrogen-bond acceptors (Lipinski definition) is 5. The van der Waals surface area contributed by atoms with Crippen LogP contribution in [0.4, 0.5) is 0 Å². The zero-order chi connectivity index (χ0) is 10.9. The molecule has 0 heterocycles. The topological polar surface area (TPSA) is 104 Å². The average Bonchev–Trinajstić information content (AvgIpc) is 1.97. The molecule has 0 aliphatic heterocycles. The molecule has 0 amide bonds. The fraction of sp³-hybridized carbons (Fsp3) is 0.857. The predicted octanol–water partition coefficient (Wildman–Crippen LogP) is 0.392. The van der Waals surface area contributed by atoms with Crippen molar-refractivity contribution >= 4 is 16.6 Å². The largest absolute Gasteiger partial charge is 0.466 e. The number of nitrogens with two attached hydrogens (primary N) is 3. The maximum Gasteiger partial charge on any atom is 0.305 e. The van der Waals surface area contributed by atoms with Gasteiger partial charge in [-0.3, -0.25) is 20.2 Å². The molecule has 6 N–H and O–H groups in total. The molecule has 0 bridgehead atoms. The van der Waals surface area contributed by atoms with E-state index in [1.807, 2.05) is 6.92 Å². The van der Waals surface area contributed by atoms with Gasteiger partial charge >= 0.3 is 5.97 Å². The van der Waals surface area contributed by atoms with E-state index in [0.717, 1.165) is 6.42 Å². The molecule has 5 nitrogen and oxygen atoms in total. The van der Waals surface area contributed by atoms with Gasteiger partial charge in [0.2, 0.25) is 0 Å². The van der Waals surface area contributed by atoms with E-state index in [9.17, 15) is 4.79 Å². The van der Waals surface area contributed by atoms with Crippen molar-refractivity contribution in [1.29, 1.82) is 0 Å². The summed E-state index contributed by atoms with van der Waals surface area (Å²) in [6.45, 7) is 4.33. The molecule has 6 heteroatoms. The smallest absolute Gasteiger partial charge is 0.305 e. The second-order valence-corrected chi connectivity index (χ2v) is 4.92. The van der Waals surface area contributed by atoms with E-state index in [-0.39, 0.29) is 5.97 Å². The van der Waals surface area contributed by atoms with Gasteiger partial charge in [0.25, 0.3) is 0 Å². The van der Waals surface area contributed by atoms with Gasteiger partial charge < -0.3 is 4.74 Å². The van der Waals surface area contributed by atoms with Crippen molar-refractivity contribution in [3.8, 4) is 0 Å². The van der Waals surface area contributed by atoms with Gasteiger partial charge in [-0.25, -0.2) is 0 Å². The highest BCUT2D eigenvalue weighted by Crippen LogP contribution is 2.06. The van der Waals surface area contributed by atoms with E-state index in [1.54, 1.807) is 13.2 Å². The Bertz CT molecular complexity index is 130. The molecule has 0 aromatic carbocycles. The first-order valence-electron chi connectivity index (χ1n) is 4.08. The molecule has 0 rings (SSSR count). The lowest BCUT2D eigenvalue weighted by Gasteiger charge is -2.15. The normalized spacial score (nSPS) is 11.2. The van der Waals surface area contributed by atoms with Gasteiger partial charge in [-0.1, -0.05) is 24.4 Å². The van der Waals surface area contributed by atoms with E-state index >= 15 is 0 Å². The Morgan fingerprint density at radius 2 is 1.69 bits per heavy atom. The third-order valence-corrected chi connectivity index (χ3v) is 0.756. The molecule has 0 saturated carbocycles. The molecule has 0 fully saturated rings. The summed E-state index contributed by atoms with van der Waals surface area (Å²) >= 11 is 0. The third-order valence-electron chi connectivity index (χ3n) is 0.756. The third kappa shape index (κ3) is 33.9. The zero-order valence-corrected chi connectivity index (χ0v) is 9.39. The summed E-state index contributed by atoms with van der Waals surface area (Å²) < 4.78 is 4.70. The molecule has 0 radical (unpaired) electrons. The van der Waals surface area contributed by atoms with Crippen LogP contribution >= 0.6 is 10.6 Å². The van der Waals surface area contributed by atoms with Crippen LogP contribution in [0.1, 0.15) is 26.7 Å². The summed E-state index contributed by atoms with van der Waals surface area (Å²) in [5, 5.41) is 15.0. The fourth-order valence-corrected chi connectivity index (χ4v) is 0.318. The monoisotopic (exact) mass is 211 g/mol. The molecule has 0 aromatic rings. The highest BCUT2D eigenvalue weighted by atomic mass is 32.3. The average molecular weight is 211 g/mol. The summed E-state index contributed by atoms with van der Waals surface area (Å²) in [5.74, 6) is -0.105. The molecule has 82 valence electrons. The second-order valence-electron chi connectivity index (χ2n) is 2.69. The molecule has 0 spiro atoms. The highest BCUT2D eigenvalue weighted by Gasteiger charge is 1.93. The predicted molar refractivity (Wildman–Crippen MR) is 57.6 cm³/mol. The van der Waals surface area contributed by atoms with Crippen LogP contribution in [0.25, 0.3) is 0 Å². The first-order valence-corrected chi connectivity index (χ1v) is 6.31. The Labute approximate surface area is 81.7 Å². The van der Waals surface area contributed by atoms with Gasteiger partial charge in [-0.2, -0.15) is 0 Å². The van der Waals surface area contributed by atoms with Gasteiger partial charge in [0, 0.05) is 12.7 Å². The minimum atomic E-state index is -1.67. The Hall–Kier alpha value is -0.300. The first-order chi connectivity index (χ1) is 5.81. The van der Waals surface area contributed by atoms with E-state index in [4.69, 9.17) is 20.2 Å². The molecule has 0 aliphatic carbocycles. The minimum absolute atomic E-state index is 0.105. The molecule has 0 atom stereocenters. The second kappa shape index (κ2) is 8.31. The molecular formula is C7H21N3O2S. The van der Waals surface area contributed by atoms with E-state index in [0.29, 0.717) is 13.0 Å². The van der Waals surface area contributed by atoms with Gasteiger partial charge in [0.1, 0.15) is 0 Å². The van der Waals surface area contributed by atoms with Crippen LogP contribution in [-0.4, -0.2) is 18.8 Å². The Morgan fingerprint density at radius 1 is 1.31 bits per heavy atom. The quantitative estimate of drug-likeness (QED) is 0.586. The fourth-order valence-electron chi connectivity index (χ4n) is 0.318. The van der Waals surface area contributed by atoms with Gasteiger partial charge in [-0.15, -0.1) is 0 Å². The van der Waals surface area contributed by atoms with Crippen LogP contribution < -0.4 is 15.4 Å². The first kappa shape index (κ1) is 15.2. The summed E-state index contributed by atoms with van der Waals surface area (Å²) in [6.07, 6.45) is 3.00. The van der Waals surface area contributed by atoms with E-state index in [1.165, 1.54) is 0 Å². The Balaban J connectivity index is 0. The minimum Gasteiger partial charge on any atom is -0.466 e. The maximum absolute atomic E-state index is 10.3. The number of carbonyl (C=O) groups excluding carboxylic acids is 1. The van der Waals surface area contributed by atoms with Crippen LogP contribution in [-0.2, 0) is 9.53 Å². The van der Waals surface area contributed by atoms with Crippen molar-refractivity contribution in [2.24, 2.45) is 15.4 Å².